The molecule has 0 aliphatic heterocycles. The second kappa shape index (κ2) is 5.04. The van der Waals surface area contributed by atoms with Crippen LogP contribution in [0.25, 0.3) is 10.8 Å². The zero-order valence-corrected chi connectivity index (χ0v) is 11.0. The van der Waals surface area contributed by atoms with Gasteiger partial charge in [-0.15, -0.1) is 0 Å². The predicted octanol–water partition coefficient (Wildman–Crippen LogP) is 3.28. The van der Waals surface area contributed by atoms with E-state index < -0.39 is 0 Å². The molecule has 98 valence electrons. The van der Waals surface area contributed by atoms with Crippen molar-refractivity contribution in [2.24, 2.45) is 17.6 Å². The number of rotatable bonds is 5. The first-order chi connectivity index (χ1) is 9.22. The summed E-state index contributed by atoms with van der Waals surface area (Å²) in [6.45, 7) is 0. The van der Waals surface area contributed by atoms with Crippen molar-refractivity contribution in [1.29, 1.82) is 0 Å². The standard InChI is InChI=1S/C17H19NO/c18-17(19)16(9-12-5-6-12)11-13-7-8-14-3-1-2-4-15(14)10-13/h1-4,7-8,10,12,16H,5-6,9,11H2,(H2,18,19). The minimum absolute atomic E-state index is 0.00587. The maximum Gasteiger partial charge on any atom is 0.220 e. The molecule has 1 atom stereocenters. The van der Waals surface area contributed by atoms with Crippen molar-refractivity contribution in [3.8, 4) is 0 Å². The summed E-state index contributed by atoms with van der Waals surface area (Å²) < 4.78 is 0. The Morgan fingerprint density at radius 2 is 1.89 bits per heavy atom. The Morgan fingerprint density at radius 3 is 2.58 bits per heavy atom. The van der Waals surface area contributed by atoms with Gasteiger partial charge in [-0.3, -0.25) is 4.79 Å². The largest absolute Gasteiger partial charge is 0.369 e. The highest BCUT2D eigenvalue weighted by Crippen LogP contribution is 2.36. The summed E-state index contributed by atoms with van der Waals surface area (Å²) in [5.41, 5.74) is 6.75. The van der Waals surface area contributed by atoms with Gasteiger partial charge in [0.25, 0.3) is 0 Å². The third-order valence-corrected chi connectivity index (χ3v) is 4.01. The van der Waals surface area contributed by atoms with E-state index in [1.165, 1.54) is 29.2 Å². The number of carbonyl (C=O) groups excluding carboxylic acids is 1. The number of amides is 1. The van der Waals surface area contributed by atoms with E-state index in [0.29, 0.717) is 0 Å². The topological polar surface area (TPSA) is 43.1 Å². The zero-order valence-electron chi connectivity index (χ0n) is 11.0. The van der Waals surface area contributed by atoms with E-state index in [0.717, 1.165) is 18.8 Å². The minimum atomic E-state index is -0.153. The fraction of sp³-hybridized carbons (Fsp3) is 0.353. The second-order valence-corrected chi connectivity index (χ2v) is 5.66. The van der Waals surface area contributed by atoms with Crippen molar-refractivity contribution in [1.82, 2.24) is 0 Å². The Morgan fingerprint density at radius 1 is 1.16 bits per heavy atom. The average molecular weight is 253 g/mol. The third-order valence-electron chi connectivity index (χ3n) is 4.01. The summed E-state index contributed by atoms with van der Waals surface area (Å²) in [6, 6.07) is 14.7. The monoisotopic (exact) mass is 253 g/mol. The molecule has 1 fully saturated rings. The molecule has 2 aromatic carbocycles. The number of carbonyl (C=O) groups is 1. The SMILES string of the molecule is NC(=O)C(Cc1ccc2ccccc2c1)CC1CC1. The molecule has 1 saturated carbocycles. The summed E-state index contributed by atoms with van der Waals surface area (Å²) >= 11 is 0. The van der Waals surface area contributed by atoms with Crippen LogP contribution in [0.1, 0.15) is 24.8 Å². The van der Waals surface area contributed by atoms with Crippen molar-refractivity contribution in [3.63, 3.8) is 0 Å². The Labute approximate surface area is 113 Å². The molecule has 0 heterocycles. The highest BCUT2D eigenvalue weighted by molar-refractivity contribution is 5.83. The molecule has 2 nitrogen and oxygen atoms in total. The Kier molecular flexibility index (Phi) is 3.24. The first-order valence-electron chi connectivity index (χ1n) is 6.99. The molecule has 0 aromatic heterocycles. The summed E-state index contributed by atoms with van der Waals surface area (Å²) in [5, 5.41) is 2.47. The molecule has 19 heavy (non-hydrogen) atoms. The van der Waals surface area contributed by atoms with E-state index >= 15 is 0 Å². The fourth-order valence-corrected chi connectivity index (χ4v) is 2.71. The third kappa shape index (κ3) is 2.95. The maximum absolute atomic E-state index is 11.6. The van der Waals surface area contributed by atoms with Crippen LogP contribution in [-0.4, -0.2) is 5.91 Å². The van der Waals surface area contributed by atoms with Crippen LogP contribution in [0.3, 0.4) is 0 Å². The summed E-state index contributed by atoms with van der Waals surface area (Å²) in [7, 11) is 0. The van der Waals surface area contributed by atoms with Crippen LogP contribution in [0, 0.1) is 11.8 Å². The van der Waals surface area contributed by atoms with Gasteiger partial charge in [0.2, 0.25) is 5.91 Å². The van der Waals surface area contributed by atoms with Gasteiger partial charge in [0, 0.05) is 5.92 Å². The minimum Gasteiger partial charge on any atom is -0.369 e. The normalized spacial score (nSPS) is 16.4. The molecule has 1 aliphatic rings. The molecule has 2 heteroatoms. The van der Waals surface area contributed by atoms with Gasteiger partial charge < -0.3 is 5.73 Å². The lowest BCUT2D eigenvalue weighted by atomic mass is 9.92. The van der Waals surface area contributed by atoms with Crippen LogP contribution in [0.2, 0.25) is 0 Å². The average Bonchev–Trinajstić information content (AvgIpc) is 3.22. The van der Waals surface area contributed by atoms with E-state index in [-0.39, 0.29) is 11.8 Å². The number of nitrogens with two attached hydrogens (primary N) is 1. The number of hydrogen-bond acceptors (Lipinski definition) is 1. The molecular formula is C17H19NO. The molecule has 3 rings (SSSR count). The van der Waals surface area contributed by atoms with Crippen molar-refractivity contribution >= 4 is 16.7 Å². The molecule has 0 bridgehead atoms. The van der Waals surface area contributed by atoms with Gasteiger partial charge >= 0.3 is 0 Å². The van der Waals surface area contributed by atoms with Crippen LogP contribution in [0.5, 0.6) is 0 Å². The molecule has 2 N–H and O–H groups in total. The molecule has 1 unspecified atom stereocenters. The van der Waals surface area contributed by atoms with Crippen LogP contribution >= 0.6 is 0 Å². The summed E-state index contributed by atoms with van der Waals surface area (Å²) in [4.78, 5) is 11.6. The van der Waals surface area contributed by atoms with Gasteiger partial charge in [-0.05, 0) is 35.1 Å². The van der Waals surface area contributed by atoms with Gasteiger partial charge in [-0.2, -0.15) is 0 Å². The molecule has 1 aliphatic carbocycles. The predicted molar refractivity (Wildman–Crippen MR) is 77.7 cm³/mol. The zero-order chi connectivity index (χ0) is 13.2. The molecular weight excluding hydrogens is 234 g/mol. The first-order valence-corrected chi connectivity index (χ1v) is 6.99. The number of primary amides is 1. The van der Waals surface area contributed by atoms with Crippen LogP contribution in [-0.2, 0) is 11.2 Å². The van der Waals surface area contributed by atoms with Gasteiger partial charge in [-0.25, -0.2) is 0 Å². The molecule has 0 saturated heterocycles. The number of benzene rings is 2. The first kappa shape index (κ1) is 12.2. The fourth-order valence-electron chi connectivity index (χ4n) is 2.71. The van der Waals surface area contributed by atoms with Crippen LogP contribution in [0.15, 0.2) is 42.5 Å². The highest BCUT2D eigenvalue weighted by atomic mass is 16.1. The van der Waals surface area contributed by atoms with Crippen molar-refractivity contribution in [2.45, 2.75) is 25.7 Å². The van der Waals surface area contributed by atoms with Crippen LogP contribution < -0.4 is 5.73 Å². The lowest BCUT2D eigenvalue weighted by molar-refractivity contribution is -0.122. The van der Waals surface area contributed by atoms with Crippen molar-refractivity contribution in [3.05, 3.63) is 48.0 Å². The number of fused-ring (bicyclic) bond motifs is 1. The summed E-state index contributed by atoms with van der Waals surface area (Å²) in [5.74, 6) is 0.576. The van der Waals surface area contributed by atoms with E-state index in [9.17, 15) is 4.79 Å². The molecule has 1 amide bonds. The van der Waals surface area contributed by atoms with Gasteiger partial charge in [-0.1, -0.05) is 55.3 Å². The van der Waals surface area contributed by atoms with Gasteiger partial charge in [0.05, 0.1) is 0 Å². The maximum atomic E-state index is 11.6. The van der Waals surface area contributed by atoms with Crippen molar-refractivity contribution in [2.75, 3.05) is 0 Å². The van der Waals surface area contributed by atoms with E-state index in [4.69, 9.17) is 5.73 Å². The number of hydrogen-bond donors (Lipinski definition) is 1. The van der Waals surface area contributed by atoms with E-state index in [2.05, 4.69) is 30.3 Å². The van der Waals surface area contributed by atoms with Gasteiger partial charge in [0.15, 0.2) is 0 Å². The lowest BCUT2D eigenvalue weighted by Crippen LogP contribution is -2.25. The highest BCUT2D eigenvalue weighted by Gasteiger charge is 2.28. The molecule has 0 spiro atoms. The second-order valence-electron chi connectivity index (χ2n) is 5.66. The quantitative estimate of drug-likeness (QED) is 0.873. The molecule has 0 radical (unpaired) electrons. The smallest absolute Gasteiger partial charge is 0.220 e. The Bertz CT molecular complexity index is 601. The molecule has 2 aromatic rings. The Balaban J connectivity index is 1.80. The van der Waals surface area contributed by atoms with Gasteiger partial charge in [0.1, 0.15) is 0 Å². The van der Waals surface area contributed by atoms with E-state index in [1.54, 1.807) is 0 Å². The lowest BCUT2D eigenvalue weighted by Gasteiger charge is -2.13. The summed E-state index contributed by atoms with van der Waals surface area (Å²) in [6.07, 6.45) is 4.27. The van der Waals surface area contributed by atoms with E-state index in [1.807, 2.05) is 12.1 Å². The van der Waals surface area contributed by atoms with Crippen molar-refractivity contribution < 1.29 is 4.79 Å². The van der Waals surface area contributed by atoms with Crippen LogP contribution in [0.4, 0.5) is 0 Å². The Hall–Kier alpha value is -1.83.